The van der Waals surface area contributed by atoms with Crippen molar-refractivity contribution >= 4 is 60.1 Å². The Morgan fingerprint density at radius 3 is 1.64 bits per heavy atom. The fraction of sp³-hybridized carbons (Fsp3) is 0. The van der Waals surface area contributed by atoms with Crippen molar-refractivity contribution in [2.75, 3.05) is 0 Å². The van der Waals surface area contributed by atoms with Crippen LogP contribution in [0.15, 0.2) is 38.4 Å². The maximum absolute atomic E-state index is 4.10. The third-order valence-corrected chi connectivity index (χ3v) is 5.11. The molecule has 2 heterocycles. The Hall–Kier alpha value is 0.1000. The average Bonchev–Trinajstić information content (AvgIpc) is 2.73. The average molecular weight is 350 g/mol. The molecule has 2 rings (SSSR count). The van der Waals surface area contributed by atoms with Crippen molar-refractivity contribution < 1.29 is 0 Å². The van der Waals surface area contributed by atoms with Crippen molar-refractivity contribution in [2.45, 2.75) is 0 Å². The molecule has 0 unspecified atom stereocenters. The van der Waals surface area contributed by atoms with E-state index in [2.05, 4.69) is 50.6 Å². The number of hydrogen-bond donors (Lipinski definition) is 0. The zero-order chi connectivity index (χ0) is 10.1. The van der Waals surface area contributed by atoms with Crippen LogP contribution in [0.25, 0.3) is 5.57 Å². The van der Waals surface area contributed by atoms with E-state index in [9.17, 15) is 0 Å². The summed E-state index contributed by atoms with van der Waals surface area (Å²) in [7, 11) is 0. The van der Waals surface area contributed by atoms with Gasteiger partial charge < -0.3 is 0 Å². The first-order valence-electron chi connectivity index (χ1n) is 3.87. The smallest absolute Gasteiger partial charge is 0.0705 e. The van der Waals surface area contributed by atoms with E-state index in [1.165, 1.54) is 9.75 Å². The molecule has 0 aliphatic rings. The third kappa shape index (κ3) is 2.19. The number of halogens is 2. The molecular formula is C10H6Br2S2. The van der Waals surface area contributed by atoms with Gasteiger partial charge in [0.25, 0.3) is 0 Å². The van der Waals surface area contributed by atoms with Crippen molar-refractivity contribution in [1.82, 2.24) is 0 Å². The van der Waals surface area contributed by atoms with Crippen molar-refractivity contribution in [1.29, 1.82) is 0 Å². The van der Waals surface area contributed by atoms with E-state index in [1.54, 1.807) is 22.7 Å². The van der Waals surface area contributed by atoms with Crippen LogP contribution in [0.5, 0.6) is 0 Å². The highest BCUT2D eigenvalue weighted by molar-refractivity contribution is 9.11. The first-order valence-corrected chi connectivity index (χ1v) is 7.09. The Balaban J connectivity index is 2.33. The second-order valence-corrected chi connectivity index (χ2v) is 7.61. The molecule has 0 aliphatic heterocycles. The predicted octanol–water partition coefficient (Wildman–Crippen LogP) is 5.40. The molecule has 14 heavy (non-hydrogen) atoms. The van der Waals surface area contributed by atoms with Crippen LogP contribution in [0.4, 0.5) is 0 Å². The van der Waals surface area contributed by atoms with E-state index >= 15 is 0 Å². The first kappa shape index (κ1) is 10.6. The Morgan fingerprint density at radius 1 is 0.929 bits per heavy atom. The van der Waals surface area contributed by atoms with Crippen molar-refractivity contribution in [3.63, 3.8) is 0 Å². The van der Waals surface area contributed by atoms with Gasteiger partial charge in [-0.05, 0) is 56.1 Å². The van der Waals surface area contributed by atoms with E-state index in [0.717, 1.165) is 13.1 Å². The fourth-order valence-corrected chi connectivity index (χ4v) is 3.88. The molecule has 72 valence electrons. The normalized spacial score (nSPS) is 10.4. The molecule has 0 saturated carbocycles. The minimum atomic E-state index is 1.09. The molecule has 0 spiro atoms. The summed E-state index contributed by atoms with van der Waals surface area (Å²) >= 11 is 10.3. The standard InChI is InChI=1S/C10H6Br2S2/c1-6(7-2-4-9(11)13-7)8-3-5-10(12)14-8/h2-5H,1H2. The van der Waals surface area contributed by atoms with Gasteiger partial charge in [-0.25, -0.2) is 0 Å². The number of hydrogen-bond acceptors (Lipinski definition) is 2. The summed E-state index contributed by atoms with van der Waals surface area (Å²) < 4.78 is 2.29. The molecule has 0 aromatic carbocycles. The topological polar surface area (TPSA) is 0 Å². The van der Waals surface area contributed by atoms with Gasteiger partial charge in [0, 0.05) is 15.3 Å². The van der Waals surface area contributed by atoms with E-state index in [4.69, 9.17) is 0 Å². The van der Waals surface area contributed by atoms with Crippen LogP contribution in [-0.4, -0.2) is 0 Å². The van der Waals surface area contributed by atoms with Crippen LogP contribution in [0.1, 0.15) is 9.75 Å². The molecule has 0 aliphatic carbocycles. The summed E-state index contributed by atoms with van der Waals surface area (Å²) in [5.41, 5.74) is 1.09. The highest BCUT2D eigenvalue weighted by atomic mass is 79.9. The summed E-state index contributed by atoms with van der Waals surface area (Å²) in [6.45, 7) is 4.10. The van der Waals surface area contributed by atoms with Gasteiger partial charge in [0.2, 0.25) is 0 Å². The largest absolute Gasteiger partial charge is 0.128 e. The van der Waals surface area contributed by atoms with Gasteiger partial charge in [0.05, 0.1) is 7.57 Å². The SMILES string of the molecule is C=C(c1ccc(Br)s1)c1ccc(Br)s1. The Kier molecular flexibility index (Phi) is 3.27. The molecule has 0 bridgehead atoms. The monoisotopic (exact) mass is 348 g/mol. The highest BCUT2D eigenvalue weighted by Crippen LogP contribution is 2.35. The van der Waals surface area contributed by atoms with E-state index in [0.29, 0.717) is 0 Å². The third-order valence-electron chi connectivity index (χ3n) is 1.74. The quantitative estimate of drug-likeness (QED) is 0.681. The second-order valence-electron chi connectivity index (χ2n) is 2.69. The first-order chi connectivity index (χ1) is 6.66. The minimum Gasteiger partial charge on any atom is -0.128 e. The molecule has 0 saturated heterocycles. The van der Waals surface area contributed by atoms with Crippen LogP contribution < -0.4 is 0 Å². The van der Waals surface area contributed by atoms with Crippen LogP contribution in [0, 0.1) is 0 Å². The maximum atomic E-state index is 4.10. The summed E-state index contributed by atoms with van der Waals surface area (Å²) in [4.78, 5) is 2.43. The lowest BCUT2D eigenvalue weighted by atomic mass is 10.2. The molecule has 2 aromatic rings. The van der Waals surface area contributed by atoms with Gasteiger partial charge in [-0.2, -0.15) is 0 Å². The highest BCUT2D eigenvalue weighted by Gasteiger charge is 2.07. The Morgan fingerprint density at radius 2 is 1.36 bits per heavy atom. The van der Waals surface area contributed by atoms with Gasteiger partial charge in [-0.1, -0.05) is 6.58 Å². The van der Waals surface area contributed by atoms with Crippen molar-refractivity contribution in [3.8, 4) is 0 Å². The van der Waals surface area contributed by atoms with Gasteiger partial charge in [-0.3, -0.25) is 0 Å². The Bertz CT molecular complexity index is 426. The van der Waals surface area contributed by atoms with E-state index < -0.39 is 0 Å². The maximum Gasteiger partial charge on any atom is 0.0705 e. The lowest BCUT2D eigenvalue weighted by Crippen LogP contribution is -1.74. The summed E-state index contributed by atoms with van der Waals surface area (Å²) in [6, 6.07) is 8.27. The van der Waals surface area contributed by atoms with E-state index in [-0.39, 0.29) is 0 Å². The van der Waals surface area contributed by atoms with Gasteiger partial charge in [0.15, 0.2) is 0 Å². The molecule has 2 aromatic heterocycles. The van der Waals surface area contributed by atoms with Gasteiger partial charge in [-0.15, -0.1) is 22.7 Å². The van der Waals surface area contributed by atoms with Gasteiger partial charge >= 0.3 is 0 Å². The van der Waals surface area contributed by atoms with Crippen LogP contribution in [-0.2, 0) is 0 Å². The second kappa shape index (κ2) is 4.31. The van der Waals surface area contributed by atoms with Crippen LogP contribution >= 0.6 is 54.5 Å². The van der Waals surface area contributed by atoms with Gasteiger partial charge in [0.1, 0.15) is 0 Å². The Labute approximate surface area is 108 Å². The molecule has 0 N–H and O–H groups in total. The zero-order valence-corrected chi connectivity index (χ0v) is 11.9. The predicted molar refractivity (Wildman–Crippen MR) is 72.2 cm³/mol. The number of thiophene rings is 2. The molecule has 0 radical (unpaired) electrons. The fourth-order valence-electron chi connectivity index (χ4n) is 1.07. The van der Waals surface area contributed by atoms with Crippen LogP contribution in [0.2, 0.25) is 0 Å². The molecule has 0 amide bonds. The number of rotatable bonds is 2. The molecular weight excluding hydrogens is 344 g/mol. The molecule has 0 atom stereocenters. The van der Waals surface area contributed by atoms with Crippen molar-refractivity contribution in [2.24, 2.45) is 0 Å². The van der Waals surface area contributed by atoms with Crippen LogP contribution in [0.3, 0.4) is 0 Å². The summed E-state index contributed by atoms with van der Waals surface area (Å²) in [5.74, 6) is 0. The van der Waals surface area contributed by atoms with Crippen molar-refractivity contribution in [3.05, 3.63) is 48.2 Å². The zero-order valence-electron chi connectivity index (χ0n) is 7.09. The summed E-state index contributed by atoms with van der Waals surface area (Å²) in [6.07, 6.45) is 0. The van der Waals surface area contributed by atoms with E-state index in [1.807, 2.05) is 12.1 Å². The molecule has 0 nitrogen and oxygen atoms in total. The lowest BCUT2D eigenvalue weighted by molar-refractivity contribution is 1.81. The molecule has 4 heteroatoms. The minimum absolute atomic E-state index is 1.09. The lowest BCUT2D eigenvalue weighted by Gasteiger charge is -1.97. The summed E-state index contributed by atoms with van der Waals surface area (Å²) in [5, 5.41) is 0. The molecule has 0 fully saturated rings.